The van der Waals surface area contributed by atoms with Crippen LogP contribution >= 0.6 is 0 Å². The van der Waals surface area contributed by atoms with Gasteiger partial charge in [0.15, 0.2) is 0 Å². The highest BCUT2D eigenvalue weighted by atomic mass is 32.2. The molecule has 3 rings (SSSR count). The van der Waals surface area contributed by atoms with Crippen molar-refractivity contribution in [1.29, 1.82) is 0 Å². The highest BCUT2D eigenvalue weighted by Gasteiger charge is 2.28. The number of likely N-dealkylation sites (tertiary alicyclic amines) is 1. The van der Waals surface area contributed by atoms with Gasteiger partial charge in [0, 0.05) is 19.1 Å². The predicted molar refractivity (Wildman–Crippen MR) is 99.8 cm³/mol. The van der Waals surface area contributed by atoms with Gasteiger partial charge in [-0.25, -0.2) is 13.1 Å². The van der Waals surface area contributed by atoms with Gasteiger partial charge in [-0.3, -0.25) is 4.79 Å². The van der Waals surface area contributed by atoms with Crippen molar-refractivity contribution < 1.29 is 17.9 Å². The van der Waals surface area contributed by atoms with E-state index < -0.39 is 10.0 Å². The van der Waals surface area contributed by atoms with Crippen molar-refractivity contribution in [3.63, 3.8) is 0 Å². The Balaban J connectivity index is 1.69. The lowest BCUT2D eigenvalue weighted by Gasteiger charge is -2.31. The smallest absolute Gasteiger partial charge is 0.241 e. The van der Waals surface area contributed by atoms with Gasteiger partial charge < -0.3 is 15.0 Å². The van der Waals surface area contributed by atoms with E-state index in [0.29, 0.717) is 17.4 Å². The highest BCUT2D eigenvalue weighted by molar-refractivity contribution is 7.89. The lowest BCUT2D eigenvalue weighted by atomic mass is 10.0. The Labute approximate surface area is 155 Å². The second kappa shape index (κ2) is 7.84. The van der Waals surface area contributed by atoms with Crippen LogP contribution in [0.5, 0.6) is 5.75 Å². The lowest BCUT2D eigenvalue weighted by Crippen LogP contribution is -2.42. The van der Waals surface area contributed by atoms with E-state index in [9.17, 15) is 13.2 Å². The zero-order chi connectivity index (χ0) is 18.7. The number of hydrogen-bond acceptors (Lipinski definition) is 5. The standard InChI is InChI=1S/C18H27N3O4S/c1-13-4-3-9-21(12-13)18(22)11-19-16-10-15(7-8-17(16)25-2)26(23,24)20-14-5-6-14/h7-8,10,13-14,19-20H,3-6,9,11-12H2,1-2H3. The minimum Gasteiger partial charge on any atom is -0.495 e. The molecule has 144 valence electrons. The molecule has 1 amide bonds. The zero-order valence-electron chi connectivity index (χ0n) is 15.3. The van der Waals surface area contributed by atoms with E-state index in [1.54, 1.807) is 6.07 Å². The first kappa shape index (κ1) is 19.0. The highest BCUT2D eigenvalue weighted by Crippen LogP contribution is 2.29. The summed E-state index contributed by atoms with van der Waals surface area (Å²) < 4.78 is 32.8. The molecule has 1 atom stereocenters. The number of nitrogens with zero attached hydrogens (tertiary/aromatic N) is 1. The molecule has 1 saturated carbocycles. The van der Waals surface area contributed by atoms with E-state index in [-0.39, 0.29) is 23.4 Å². The monoisotopic (exact) mass is 381 g/mol. The van der Waals surface area contributed by atoms with Crippen molar-refractivity contribution in [1.82, 2.24) is 9.62 Å². The number of rotatable bonds is 7. The SMILES string of the molecule is COc1ccc(S(=O)(=O)NC2CC2)cc1NCC(=O)N1CCCC(C)C1. The Morgan fingerprint density at radius 2 is 2.08 bits per heavy atom. The van der Waals surface area contributed by atoms with Gasteiger partial charge in [0.1, 0.15) is 5.75 Å². The first-order valence-corrected chi connectivity index (χ1v) is 10.6. The number of carbonyl (C=O) groups is 1. The topological polar surface area (TPSA) is 87.7 Å². The van der Waals surface area contributed by atoms with Crippen molar-refractivity contribution in [2.24, 2.45) is 5.92 Å². The summed E-state index contributed by atoms with van der Waals surface area (Å²) in [5.41, 5.74) is 0.504. The zero-order valence-corrected chi connectivity index (χ0v) is 16.1. The molecule has 1 heterocycles. The van der Waals surface area contributed by atoms with Gasteiger partial charge in [-0.05, 0) is 49.8 Å². The van der Waals surface area contributed by atoms with Gasteiger partial charge in [0.05, 0.1) is 24.2 Å². The summed E-state index contributed by atoms with van der Waals surface area (Å²) >= 11 is 0. The van der Waals surface area contributed by atoms with E-state index in [1.165, 1.54) is 19.2 Å². The average molecular weight is 381 g/mol. The number of benzene rings is 1. The molecule has 8 heteroatoms. The Morgan fingerprint density at radius 3 is 2.73 bits per heavy atom. The van der Waals surface area contributed by atoms with Crippen molar-refractivity contribution in [2.45, 2.75) is 43.5 Å². The fourth-order valence-corrected chi connectivity index (χ4v) is 4.51. The lowest BCUT2D eigenvalue weighted by molar-refractivity contribution is -0.130. The molecule has 0 bridgehead atoms. The molecular weight excluding hydrogens is 354 g/mol. The van der Waals surface area contributed by atoms with Crippen LogP contribution in [0.4, 0.5) is 5.69 Å². The fraction of sp³-hybridized carbons (Fsp3) is 0.611. The minimum absolute atomic E-state index is 0.0166. The van der Waals surface area contributed by atoms with Crippen molar-refractivity contribution in [3.8, 4) is 5.75 Å². The molecule has 1 aliphatic carbocycles. The summed E-state index contributed by atoms with van der Waals surface area (Å²) in [6.45, 7) is 3.82. The number of anilines is 1. The number of piperidine rings is 1. The van der Waals surface area contributed by atoms with Crippen molar-refractivity contribution in [2.75, 3.05) is 32.1 Å². The molecule has 7 nitrogen and oxygen atoms in total. The maximum absolute atomic E-state index is 12.4. The van der Waals surface area contributed by atoms with Gasteiger partial charge in [-0.15, -0.1) is 0 Å². The maximum Gasteiger partial charge on any atom is 0.241 e. The van der Waals surface area contributed by atoms with E-state index in [2.05, 4.69) is 17.0 Å². The van der Waals surface area contributed by atoms with Crippen LogP contribution in [-0.2, 0) is 14.8 Å². The molecule has 0 radical (unpaired) electrons. The molecule has 26 heavy (non-hydrogen) atoms. The Bertz CT molecular complexity index is 762. The third-order valence-corrected chi connectivity index (χ3v) is 6.34. The largest absolute Gasteiger partial charge is 0.495 e. The van der Waals surface area contributed by atoms with Gasteiger partial charge in [0.2, 0.25) is 15.9 Å². The Hall–Kier alpha value is -1.80. The summed E-state index contributed by atoms with van der Waals surface area (Å²) in [5, 5.41) is 3.05. The Kier molecular flexibility index (Phi) is 5.72. The van der Waals surface area contributed by atoms with Gasteiger partial charge >= 0.3 is 0 Å². The summed E-state index contributed by atoms with van der Waals surface area (Å²) in [7, 11) is -2.03. The molecule has 1 saturated heterocycles. The van der Waals surface area contributed by atoms with Gasteiger partial charge in [0.25, 0.3) is 0 Å². The first-order valence-electron chi connectivity index (χ1n) is 9.11. The van der Waals surface area contributed by atoms with Crippen LogP contribution in [0.3, 0.4) is 0 Å². The molecule has 0 spiro atoms. The van der Waals surface area contributed by atoms with Crippen molar-refractivity contribution in [3.05, 3.63) is 18.2 Å². The Morgan fingerprint density at radius 1 is 1.31 bits per heavy atom. The number of hydrogen-bond donors (Lipinski definition) is 2. The molecule has 2 aliphatic rings. The van der Waals surface area contributed by atoms with E-state index in [0.717, 1.165) is 38.8 Å². The van der Waals surface area contributed by atoms with Crippen LogP contribution in [0.25, 0.3) is 0 Å². The molecule has 1 unspecified atom stereocenters. The fourth-order valence-electron chi connectivity index (χ4n) is 3.18. The third kappa shape index (κ3) is 4.67. The van der Waals surface area contributed by atoms with E-state index in [1.807, 2.05) is 4.90 Å². The summed E-state index contributed by atoms with van der Waals surface area (Å²) in [4.78, 5) is 14.5. The third-order valence-electron chi connectivity index (χ3n) is 4.82. The van der Waals surface area contributed by atoms with Crippen LogP contribution in [0, 0.1) is 5.92 Å². The average Bonchev–Trinajstić information content (AvgIpc) is 3.42. The second-order valence-electron chi connectivity index (χ2n) is 7.20. The summed E-state index contributed by atoms with van der Waals surface area (Å²) in [6, 6.07) is 4.69. The molecule has 2 fully saturated rings. The summed E-state index contributed by atoms with van der Waals surface area (Å²) in [6.07, 6.45) is 3.93. The van der Waals surface area contributed by atoms with E-state index >= 15 is 0 Å². The number of methoxy groups -OCH3 is 1. The van der Waals surface area contributed by atoms with Crippen LogP contribution in [-0.4, -0.2) is 52.0 Å². The van der Waals surface area contributed by atoms with Crippen LogP contribution < -0.4 is 14.8 Å². The normalized spacial score (nSPS) is 20.7. The molecule has 2 N–H and O–H groups in total. The van der Waals surface area contributed by atoms with Gasteiger partial charge in [-0.2, -0.15) is 0 Å². The molecular formula is C18H27N3O4S. The number of amides is 1. The van der Waals surface area contributed by atoms with Gasteiger partial charge in [-0.1, -0.05) is 6.92 Å². The molecule has 1 aromatic carbocycles. The quantitative estimate of drug-likeness (QED) is 0.752. The minimum atomic E-state index is -3.55. The number of sulfonamides is 1. The molecule has 0 aromatic heterocycles. The number of nitrogens with one attached hydrogen (secondary N) is 2. The van der Waals surface area contributed by atoms with Crippen LogP contribution in [0.2, 0.25) is 0 Å². The van der Waals surface area contributed by atoms with E-state index in [4.69, 9.17) is 4.74 Å². The van der Waals surface area contributed by atoms with Crippen molar-refractivity contribution >= 4 is 21.6 Å². The predicted octanol–water partition coefficient (Wildman–Crippen LogP) is 1.81. The van der Waals surface area contributed by atoms with Crippen LogP contribution in [0.15, 0.2) is 23.1 Å². The second-order valence-corrected chi connectivity index (χ2v) is 8.91. The van der Waals surface area contributed by atoms with Crippen LogP contribution in [0.1, 0.15) is 32.6 Å². The molecule has 1 aliphatic heterocycles. The summed E-state index contributed by atoms with van der Waals surface area (Å²) in [5.74, 6) is 1.04. The molecule has 1 aromatic rings. The maximum atomic E-state index is 12.4. The number of carbonyl (C=O) groups excluding carboxylic acids is 1. The number of ether oxygens (including phenoxy) is 1. The first-order chi connectivity index (χ1) is 12.4.